The average Bonchev–Trinajstić information content (AvgIpc) is 2.51. The summed E-state index contributed by atoms with van der Waals surface area (Å²) in [7, 11) is -1.95. The van der Waals surface area contributed by atoms with Gasteiger partial charge in [-0.25, -0.2) is 13.1 Å². The molecule has 0 aliphatic rings. The van der Waals surface area contributed by atoms with E-state index in [2.05, 4.69) is 10.0 Å². The van der Waals surface area contributed by atoms with Crippen LogP contribution in [-0.2, 0) is 19.6 Å². The van der Waals surface area contributed by atoms with E-state index in [1.807, 2.05) is 13.8 Å². The highest BCUT2D eigenvalue weighted by atomic mass is 32.2. The number of methoxy groups -OCH3 is 1. The van der Waals surface area contributed by atoms with Gasteiger partial charge in [0.25, 0.3) is 5.91 Å². The summed E-state index contributed by atoms with van der Waals surface area (Å²) in [4.78, 5) is 11.9. The van der Waals surface area contributed by atoms with Crippen LogP contribution in [0.25, 0.3) is 0 Å². The molecule has 1 rings (SSSR count). The van der Waals surface area contributed by atoms with Crippen LogP contribution < -0.4 is 14.8 Å². The number of rotatable bonds is 10. The first-order valence-corrected chi connectivity index (χ1v) is 9.30. The molecule has 136 valence electrons. The van der Waals surface area contributed by atoms with Crippen molar-refractivity contribution in [2.45, 2.75) is 38.1 Å². The first-order chi connectivity index (χ1) is 11.3. The summed E-state index contributed by atoms with van der Waals surface area (Å²) in [6.07, 6.45) is 0.718. The van der Waals surface area contributed by atoms with Gasteiger partial charge in [0, 0.05) is 19.7 Å². The maximum Gasteiger partial charge on any atom is 0.258 e. The minimum atomic E-state index is -3.51. The third-order valence-corrected chi connectivity index (χ3v) is 4.64. The summed E-state index contributed by atoms with van der Waals surface area (Å²) in [5.74, 6) is 0.208. The molecule has 1 aromatic rings. The van der Waals surface area contributed by atoms with E-state index in [9.17, 15) is 13.2 Å². The number of hydrogen-bond donors (Lipinski definition) is 2. The van der Waals surface area contributed by atoms with E-state index in [-0.39, 0.29) is 23.5 Å². The average molecular weight is 358 g/mol. The Kier molecular flexibility index (Phi) is 8.17. The molecule has 8 heteroatoms. The van der Waals surface area contributed by atoms with Gasteiger partial charge in [0.2, 0.25) is 10.0 Å². The maximum atomic E-state index is 12.1. The number of sulfonamides is 1. The third kappa shape index (κ3) is 6.46. The van der Waals surface area contributed by atoms with Crippen LogP contribution in [0.3, 0.4) is 0 Å². The van der Waals surface area contributed by atoms with Crippen molar-refractivity contribution < 1.29 is 22.7 Å². The standard InChI is InChI=1S/C16H26N2O5S/c1-5-8-17-24(20,21)14-6-7-15(12(2)9-14)23-11-16(19)18-13(3)10-22-4/h6-7,9,13,17H,5,8,10-11H2,1-4H3,(H,18,19)/t13-/m0/s1. The fourth-order valence-corrected chi connectivity index (χ4v) is 3.24. The molecule has 0 aromatic heterocycles. The van der Waals surface area contributed by atoms with Crippen molar-refractivity contribution >= 4 is 15.9 Å². The highest BCUT2D eigenvalue weighted by Crippen LogP contribution is 2.21. The van der Waals surface area contributed by atoms with Gasteiger partial charge in [-0.2, -0.15) is 0 Å². The van der Waals surface area contributed by atoms with Crippen LogP contribution in [0.5, 0.6) is 5.75 Å². The SMILES string of the molecule is CCCNS(=O)(=O)c1ccc(OCC(=O)N[C@@H](C)COC)c(C)c1. The van der Waals surface area contributed by atoms with Gasteiger partial charge in [-0.05, 0) is 44.0 Å². The molecule has 0 saturated heterocycles. The summed E-state index contributed by atoms with van der Waals surface area (Å²) in [5, 5.41) is 2.73. The maximum absolute atomic E-state index is 12.1. The molecule has 0 aliphatic carbocycles. The van der Waals surface area contributed by atoms with Crippen molar-refractivity contribution in [3.05, 3.63) is 23.8 Å². The number of ether oxygens (including phenoxy) is 2. The molecule has 0 fully saturated rings. The Morgan fingerprint density at radius 1 is 1.33 bits per heavy atom. The van der Waals surface area contributed by atoms with Crippen molar-refractivity contribution in [1.82, 2.24) is 10.0 Å². The van der Waals surface area contributed by atoms with Crippen LogP contribution in [0.1, 0.15) is 25.8 Å². The molecule has 0 spiro atoms. The van der Waals surface area contributed by atoms with Crippen molar-refractivity contribution in [2.75, 3.05) is 26.9 Å². The fraction of sp³-hybridized carbons (Fsp3) is 0.562. The number of hydrogen-bond acceptors (Lipinski definition) is 5. The molecule has 0 unspecified atom stereocenters. The second kappa shape index (κ2) is 9.61. The fourth-order valence-electron chi connectivity index (χ4n) is 2.02. The van der Waals surface area contributed by atoms with E-state index < -0.39 is 10.0 Å². The predicted octanol–water partition coefficient (Wildman–Crippen LogP) is 1.21. The summed E-state index contributed by atoms with van der Waals surface area (Å²) in [5.41, 5.74) is 0.645. The topological polar surface area (TPSA) is 93.7 Å². The Morgan fingerprint density at radius 2 is 2.04 bits per heavy atom. The first-order valence-electron chi connectivity index (χ1n) is 7.81. The molecule has 1 atom stereocenters. The molecule has 24 heavy (non-hydrogen) atoms. The van der Waals surface area contributed by atoms with Gasteiger partial charge >= 0.3 is 0 Å². The van der Waals surface area contributed by atoms with Gasteiger partial charge < -0.3 is 14.8 Å². The molecule has 2 N–H and O–H groups in total. The Bertz CT molecular complexity index is 646. The second-order valence-corrected chi connectivity index (χ2v) is 7.30. The smallest absolute Gasteiger partial charge is 0.258 e. The minimum Gasteiger partial charge on any atom is -0.484 e. The summed E-state index contributed by atoms with van der Waals surface area (Å²) in [6, 6.07) is 4.44. The number of aryl methyl sites for hydroxylation is 1. The van der Waals surface area contributed by atoms with E-state index in [0.29, 0.717) is 24.5 Å². The van der Waals surface area contributed by atoms with Crippen molar-refractivity contribution in [2.24, 2.45) is 0 Å². The lowest BCUT2D eigenvalue weighted by Gasteiger charge is -2.14. The van der Waals surface area contributed by atoms with Gasteiger partial charge in [-0.1, -0.05) is 6.92 Å². The molecular weight excluding hydrogens is 332 g/mol. The third-order valence-electron chi connectivity index (χ3n) is 3.18. The molecular formula is C16H26N2O5S. The largest absolute Gasteiger partial charge is 0.484 e. The minimum absolute atomic E-state index is 0.107. The number of amides is 1. The number of nitrogens with one attached hydrogen (secondary N) is 2. The second-order valence-electron chi connectivity index (χ2n) is 5.54. The van der Waals surface area contributed by atoms with E-state index in [4.69, 9.17) is 9.47 Å². The van der Waals surface area contributed by atoms with Gasteiger partial charge in [-0.15, -0.1) is 0 Å². The van der Waals surface area contributed by atoms with Crippen molar-refractivity contribution in [3.8, 4) is 5.75 Å². The number of benzene rings is 1. The molecule has 0 radical (unpaired) electrons. The normalized spacial score (nSPS) is 12.7. The summed E-state index contributed by atoms with van der Waals surface area (Å²) < 4.78 is 37.1. The van der Waals surface area contributed by atoms with Crippen molar-refractivity contribution in [3.63, 3.8) is 0 Å². The molecule has 7 nitrogen and oxygen atoms in total. The van der Waals surface area contributed by atoms with E-state index in [0.717, 1.165) is 6.42 Å². The lowest BCUT2D eigenvalue weighted by Crippen LogP contribution is -2.38. The first kappa shape index (κ1) is 20.4. The van der Waals surface area contributed by atoms with Crippen LogP contribution in [0.4, 0.5) is 0 Å². The van der Waals surface area contributed by atoms with Gasteiger partial charge in [-0.3, -0.25) is 4.79 Å². The zero-order chi connectivity index (χ0) is 18.2. The molecule has 0 bridgehead atoms. The highest BCUT2D eigenvalue weighted by Gasteiger charge is 2.15. The summed E-state index contributed by atoms with van der Waals surface area (Å²) in [6.45, 7) is 6.12. The molecule has 0 saturated carbocycles. The van der Waals surface area contributed by atoms with Crippen molar-refractivity contribution in [1.29, 1.82) is 0 Å². The van der Waals surface area contributed by atoms with E-state index >= 15 is 0 Å². The van der Waals surface area contributed by atoms with Crippen LogP contribution in [0, 0.1) is 6.92 Å². The zero-order valence-electron chi connectivity index (χ0n) is 14.6. The van der Waals surface area contributed by atoms with Gasteiger partial charge in [0.15, 0.2) is 6.61 Å². The van der Waals surface area contributed by atoms with Gasteiger partial charge in [0.1, 0.15) is 5.75 Å². The number of carbonyl (C=O) groups excluding carboxylic acids is 1. The lowest BCUT2D eigenvalue weighted by molar-refractivity contribution is -0.124. The van der Waals surface area contributed by atoms with E-state index in [1.165, 1.54) is 12.1 Å². The Hall–Kier alpha value is -1.64. The monoisotopic (exact) mass is 358 g/mol. The molecule has 0 aliphatic heterocycles. The predicted molar refractivity (Wildman–Crippen MR) is 91.6 cm³/mol. The zero-order valence-corrected chi connectivity index (χ0v) is 15.4. The Balaban J connectivity index is 2.67. The molecule has 0 heterocycles. The molecule has 1 aromatic carbocycles. The van der Waals surface area contributed by atoms with Crippen LogP contribution in [-0.4, -0.2) is 47.2 Å². The summed E-state index contributed by atoms with van der Waals surface area (Å²) >= 11 is 0. The molecule has 1 amide bonds. The van der Waals surface area contributed by atoms with Crippen LogP contribution in [0.2, 0.25) is 0 Å². The van der Waals surface area contributed by atoms with Crippen LogP contribution >= 0.6 is 0 Å². The van der Waals surface area contributed by atoms with E-state index in [1.54, 1.807) is 20.1 Å². The van der Waals surface area contributed by atoms with Gasteiger partial charge in [0.05, 0.1) is 11.5 Å². The Morgan fingerprint density at radius 3 is 2.62 bits per heavy atom. The highest BCUT2D eigenvalue weighted by molar-refractivity contribution is 7.89. The number of carbonyl (C=O) groups is 1. The Labute approximate surface area is 143 Å². The quantitative estimate of drug-likeness (QED) is 0.656. The van der Waals surface area contributed by atoms with Crippen LogP contribution in [0.15, 0.2) is 23.1 Å². The lowest BCUT2D eigenvalue weighted by atomic mass is 10.2.